The van der Waals surface area contributed by atoms with E-state index in [0.29, 0.717) is 31.9 Å². The van der Waals surface area contributed by atoms with Crippen LogP contribution in [0.4, 0.5) is 38.0 Å². The fourth-order valence-corrected chi connectivity index (χ4v) is 5.60. The molecule has 0 atom stereocenters. The normalized spacial score (nSPS) is 14.9. The topological polar surface area (TPSA) is 105 Å². The monoisotopic (exact) mass is 655 g/mol. The van der Waals surface area contributed by atoms with Gasteiger partial charge in [-0.15, -0.1) is 0 Å². The van der Waals surface area contributed by atoms with Gasteiger partial charge in [0.2, 0.25) is 11.8 Å². The number of sulfonamides is 1. The van der Waals surface area contributed by atoms with Crippen LogP contribution in [0.2, 0.25) is 0 Å². The van der Waals surface area contributed by atoms with Crippen molar-refractivity contribution in [2.45, 2.75) is 23.9 Å². The lowest BCUT2D eigenvalue weighted by atomic mass is 9.98. The first-order valence-electron chi connectivity index (χ1n) is 13.4. The van der Waals surface area contributed by atoms with Crippen molar-refractivity contribution in [1.82, 2.24) is 24.6 Å². The number of alkyl halides is 5. The highest BCUT2D eigenvalue weighted by atomic mass is 32.2. The summed E-state index contributed by atoms with van der Waals surface area (Å²) < 4.78 is 123. The van der Waals surface area contributed by atoms with Crippen LogP contribution < -0.4 is 14.4 Å². The molecule has 2 aromatic heterocycles. The molecule has 0 amide bonds. The molecule has 0 spiro atoms. The van der Waals surface area contributed by atoms with E-state index >= 15 is 13.2 Å². The van der Waals surface area contributed by atoms with Gasteiger partial charge in [-0.05, 0) is 31.7 Å². The highest BCUT2D eigenvalue weighted by Gasteiger charge is 2.62. The van der Waals surface area contributed by atoms with Gasteiger partial charge in [0.1, 0.15) is 10.5 Å². The number of rotatable bonds is 8. The Labute approximate surface area is 254 Å². The van der Waals surface area contributed by atoms with E-state index in [1.165, 1.54) is 49.0 Å². The lowest BCUT2D eigenvalue weighted by molar-refractivity contribution is -0.289. The van der Waals surface area contributed by atoms with Crippen LogP contribution in [-0.4, -0.2) is 72.5 Å². The third kappa shape index (κ3) is 6.54. The van der Waals surface area contributed by atoms with Crippen LogP contribution in [0, 0.1) is 12.7 Å². The largest absolute Gasteiger partial charge is 0.458 e. The smallest absolute Gasteiger partial charge is 0.435 e. The third-order valence-corrected chi connectivity index (χ3v) is 8.44. The molecular formula is C28H27F6N7O3S. The maximum Gasteiger partial charge on any atom is 0.458 e. The second kappa shape index (κ2) is 11.8. The average Bonchev–Trinajstić information content (AvgIpc) is 3.41. The minimum Gasteiger partial charge on any atom is -0.435 e. The Morgan fingerprint density at radius 1 is 0.956 bits per heavy atom. The lowest BCUT2D eigenvalue weighted by Gasteiger charge is -2.34. The van der Waals surface area contributed by atoms with Gasteiger partial charge in [-0.3, -0.25) is 4.68 Å². The van der Waals surface area contributed by atoms with E-state index in [4.69, 9.17) is 4.74 Å². The molecule has 2 aromatic carbocycles. The van der Waals surface area contributed by atoms with Crippen molar-refractivity contribution in [3.05, 3.63) is 71.8 Å². The van der Waals surface area contributed by atoms with Gasteiger partial charge in [-0.1, -0.05) is 24.3 Å². The molecule has 1 aliphatic rings. The van der Waals surface area contributed by atoms with Crippen molar-refractivity contribution in [2.24, 2.45) is 7.05 Å². The van der Waals surface area contributed by atoms with Crippen molar-refractivity contribution in [1.29, 1.82) is 0 Å². The molecule has 1 saturated heterocycles. The zero-order valence-electron chi connectivity index (χ0n) is 24.1. The van der Waals surface area contributed by atoms with Crippen LogP contribution in [0.3, 0.4) is 0 Å². The summed E-state index contributed by atoms with van der Waals surface area (Å²) in [6, 6.07) is 9.12. The number of halogens is 6. The van der Waals surface area contributed by atoms with Crippen molar-refractivity contribution in [3.8, 4) is 22.9 Å². The number of benzene rings is 2. The highest BCUT2D eigenvalue weighted by Crippen LogP contribution is 2.51. The number of piperazine rings is 1. The summed E-state index contributed by atoms with van der Waals surface area (Å²) in [6.07, 6.45) is -4.07. The van der Waals surface area contributed by atoms with Gasteiger partial charge < -0.3 is 14.5 Å². The molecule has 0 saturated carbocycles. The maximum absolute atomic E-state index is 15.4. The van der Waals surface area contributed by atoms with Crippen molar-refractivity contribution < 1.29 is 39.5 Å². The molecule has 1 fully saturated rings. The second-order valence-corrected chi connectivity index (χ2v) is 12.1. The van der Waals surface area contributed by atoms with Gasteiger partial charge in [-0.25, -0.2) is 22.5 Å². The number of ether oxygens (including phenoxy) is 1. The van der Waals surface area contributed by atoms with Crippen molar-refractivity contribution in [2.75, 3.05) is 42.8 Å². The zero-order valence-corrected chi connectivity index (χ0v) is 24.9. The molecule has 45 heavy (non-hydrogen) atoms. The van der Waals surface area contributed by atoms with Crippen LogP contribution in [-0.2, 0) is 23.0 Å². The van der Waals surface area contributed by atoms with Gasteiger partial charge >= 0.3 is 12.1 Å². The summed E-state index contributed by atoms with van der Waals surface area (Å²) in [5.74, 6) is -9.70. The Kier molecular flexibility index (Phi) is 8.43. The van der Waals surface area contributed by atoms with Gasteiger partial charge in [0.25, 0.3) is 10.0 Å². The summed E-state index contributed by atoms with van der Waals surface area (Å²) >= 11 is 0. The molecule has 4 aromatic rings. The summed E-state index contributed by atoms with van der Waals surface area (Å²) in [7, 11) is -1.15. The summed E-state index contributed by atoms with van der Waals surface area (Å²) in [4.78, 5) is 11.0. The summed E-state index contributed by atoms with van der Waals surface area (Å²) in [5, 5.41) is 3.77. The first-order valence-corrected chi connectivity index (χ1v) is 14.9. The van der Waals surface area contributed by atoms with E-state index in [1.54, 1.807) is 0 Å². The molecule has 5 rings (SSSR count). The van der Waals surface area contributed by atoms with E-state index in [1.807, 2.05) is 16.7 Å². The van der Waals surface area contributed by atoms with Crippen LogP contribution in [0.5, 0.6) is 11.6 Å². The Morgan fingerprint density at radius 3 is 2.27 bits per heavy atom. The van der Waals surface area contributed by atoms with Crippen molar-refractivity contribution in [3.63, 3.8) is 0 Å². The predicted octanol–water partition coefficient (Wildman–Crippen LogP) is 5.32. The number of hydrogen-bond acceptors (Lipinski definition) is 8. The molecule has 0 aliphatic carbocycles. The number of likely N-dealkylation sites (N-methyl/N-ethyl adjacent to an activating group) is 1. The molecule has 1 aliphatic heterocycles. The second-order valence-electron chi connectivity index (χ2n) is 10.4. The van der Waals surface area contributed by atoms with Crippen LogP contribution in [0.15, 0.2) is 59.8 Å². The molecule has 240 valence electrons. The Morgan fingerprint density at radius 2 is 1.64 bits per heavy atom. The SMILES string of the molecule is Cc1ccccc1-c1nc(NS(=O)(=O)c2cnn(C)c2)nc(Oc2cc(N3CCN(C)CC3)ccc2F)c1C(F)(F)C(F)(F)F. The highest BCUT2D eigenvalue weighted by molar-refractivity contribution is 7.92. The molecule has 3 heterocycles. The van der Waals surface area contributed by atoms with Crippen LogP contribution in [0.1, 0.15) is 11.1 Å². The first-order chi connectivity index (χ1) is 21.1. The van der Waals surface area contributed by atoms with Crippen molar-refractivity contribution >= 4 is 21.7 Å². The fourth-order valence-electron chi connectivity index (χ4n) is 4.67. The summed E-state index contributed by atoms with van der Waals surface area (Å²) in [5.41, 5.74) is -2.34. The molecule has 17 heteroatoms. The molecule has 0 radical (unpaired) electrons. The van der Waals surface area contributed by atoms with Gasteiger partial charge in [0, 0.05) is 56.7 Å². The van der Waals surface area contributed by atoms with Gasteiger partial charge in [-0.2, -0.15) is 32.0 Å². The number of aryl methyl sites for hydroxylation is 2. The minimum absolute atomic E-state index is 0.197. The number of nitrogens with one attached hydrogen (secondary N) is 1. The van der Waals surface area contributed by atoms with Gasteiger partial charge in [0.15, 0.2) is 11.6 Å². The minimum atomic E-state index is -6.16. The predicted molar refractivity (Wildman–Crippen MR) is 152 cm³/mol. The number of nitrogens with zero attached hydrogens (tertiary/aromatic N) is 6. The Hall–Kier alpha value is -4.38. The lowest BCUT2D eigenvalue weighted by Crippen LogP contribution is -2.44. The Bertz CT molecular complexity index is 1820. The van der Waals surface area contributed by atoms with Crippen LogP contribution in [0.25, 0.3) is 11.3 Å². The average molecular weight is 656 g/mol. The standard InChI is InChI=1S/C28H27F6N7O3S/c1-17-6-4-5-7-20(17)24-23(27(30,31)28(32,33)34)25(37-26(36-24)38-45(42,43)19-15-35-40(3)16-19)44-22-14-18(8-9-21(22)29)41-12-10-39(2)11-13-41/h4-9,14-16H,10-13H2,1-3H3,(H,36,37,38). The number of anilines is 2. The quantitative estimate of drug-likeness (QED) is 0.255. The third-order valence-electron chi connectivity index (χ3n) is 7.15. The molecule has 10 nitrogen and oxygen atoms in total. The van der Waals surface area contributed by atoms with Gasteiger partial charge in [0.05, 0.1) is 11.9 Å². The Balaban J connectivity index is 1.72. The number of hydrogen-bond donors (Lipinski definition) is 1. The van der Waals surface area contributed by atoms with E-state index in [9.17, 15) is 21.6 Å². The summed E-state index contributed by atoms with van der Waals surface area (Å²) in [6.45, 7) is 3.84. The maximum atomic E-state index is 15.4. The molecule has 0 unspecified atom stereocenters. The van der Waals surface area contributed by atoms with E-state index in [-0.39, 0.29) is 16.0 Å². The van der Waals surface area contributed by atoms with E-state index in [0.717, 1.165) is 24.5 Å². The van der Waals surface area contributed by atoms with E-state index in [2.05, 4.69) is 20.0 Å². The fraction of sp³-hybridized carbons (Fsp3) is 0.321. The first kappa shape index (κ1) is 32.0. The molecule has 1 N–H and O–H groups in total. The molecule has 0 bridgehead atoms. The van der Waals surface area contributed by atoms with E-state index < -0.39 is 56.8 Å². The van der Waals surface area contributed by atoms with Crippen LogP contribution >= 0.6 is 0 Å². The number of aromatic nitrogens is 4. The zero-order chi connectivity index (χ0) is 32.7. The molecular weight excluding hydrogens is 628 g/mol.